The van der Waals surface area contributed by atoms with Crippen molar-refractivity contribution in [3.63, 3.8) is 0 Å². The largest absolute Gasteiger partial charge is 0.497 e. The molecule has 0 fully saturated rings. The number of carbonyl (C=O) groups is 5. The summed E-state index contributed by atoms with van der Waals surface area (Å²) in [6.07, 6.45) is -6.41. The van der Waals surface area contributed by atoms with E-state index >= 15 is 0 Å². The second-order valence-corrected chi connectivity index (χ2v) is 13.5. The molecule has 59 heavy (non-hydrogen) atoms. The summed E-state index contributed by atoms with van der Waals surface area (Å²) in [6, 6.07) is 35.9. The summed E-state index contributed by atoms with van der Waals surface area (Å²) in [5, 5.41) is 0. The third-order valence-electron chi connectivity index (χ3n) is 9.22. The fourth-order valence-corrected chi connectivity index (χ4v) is 6.93. The van der Waals surface area contributed by atoms with E-state index in [1.807, 2.05) is 115 Å². The van der Waals surface area contributed by atoms with Crippen LogP contribution in [0.3, 0.4) is 0 Å². The highest BCUT2D eigenvalue weighted by Gasteiger charge is 2.46. The van der Waals surface area contributed by atoms with Crippen molar-refractivity contribution in [2.45, 2.75) is 59.0 Å². The van der Waals surface area contributed by atoms with E-state index in [0.29, 0.717) is 39.3 Å². The maximum absolute atomic E-state index is 13.4. The molecule has 0 N–H and O–H groups in total. The van der Waals surface area contributed by atoms with Gasteiger partial charge in [-0.15, -0.1) is 0 Å². The highest BCUT2D eigenvalue weighted by molar-refractivity contribution is 6.03. The monoisotopic (exact) mass is 802 g/mol. The van der Waals surface area contributed by atoms with Gasteiger partial charge in [0, 0.05) is 40.2 Å². The van der Waals surface area contributed by atoms with Gasteiger partial charge < -0.3 is 33.2 Å². The number of carbonyl (C=O) groups excluding carboxylic acids is 5. The van der Waals surface area contributed by atoms with Crippen LogP contribution in [0.4, 0.5) is 0 Å². The van der Waals surface area contributed by atoms with Gasteiger partial charge in [-0.3, -0.25) is 24.0 Å². The Morgan fingerprint density at radius 3 is 1.36 bits per heavy atom. The normalized spacial score (nSPS) is 12.8. The van der Waals surface area contributed by atoms with Gasteiger partial charge in [0.15, 0.2) is 24.4 Å². The molecule has 306 valence electrons. The Morgan fingerprint density at radius 2 is 0.898 bits per heavy atom. The van der Waals surface area contributed by atoms with E-state index in [-0.39, 0.29) is 0 Å². The lowest BCUT2D eigenvalue weighted by Gasteiger charge is -2.37. The van der Waals surface area contributed by atoms with Crippen LogP contribution < -0.4 is 9.47 Å². The zero-order valence-electron chi connectivity index (χ0n) is 33.9. The summed E-state index contributed by atoms with van der Waals surface area (Å²) in [5.41, 5.74) is 6.10. The number of ether oxygens (including phenoxy) is 7. The van der Waals surface area contributed by atoms with Crippen LogP contribution >= 0.6 is 0 Å². The number of esters is 5. The lowest BCUT2D eigenvalue weighted by molar-refractivity contribution is -0.203. The minimum atomic E-state index is -1.68. The first-order chi connectivity index (χ1) is 28.3. The van der Waals surface area contributed by atoms with Gasteiger partial charge >= 0.3 is 29.8 Å². The molecule has 0 amide bonds. The van der Waals surface area contributed by atoms with Crippen molar-refractivity contribution in [2.24, 2.45) is 0 Å². The average Bonchev–Trinajstić information content (AvgIpc) is 3.22. The van der Waals surface area contributed by atoms with E-state index in [0.717, 1.165) is 49.9 Å². The molecule has 12 nitrogen and oxygen atoms in total. The number of rotatable bonds is 16. The number of hydrogen-bond donors (Lipinski definition) is 0. The predicted molar refractivity (Wildman–Crippen MR) is 219 cm³/mol. The molecule has 5 rings (SSSR count). The van der Waals surface area contributed by atoms with Crippen LogP contribution in [0, 0.1) is 0 Å². The number of methoxy groups -OCH3 is 2. The summed E-state index contributed by atoms with van der Waals surface area (Å²) in [5.74, 6) is -2.74. The van der Waals surface area contributed by atoms with Gasteiger partial charge in [-0.25, -0.2) is 0 Å². The fraction of sp³-hybridized carbons (Fsp3) is 0.255. The molecule has 4 atom stereocenters. The zero-order valence-corrected chi connectivity index (χ0v) is 33.9. The molecule has 0 spiro atoms. The lowest BCUT2D eigenvalue weighted by Crippen LogP contribution is -2.50. The summed E-state index contributed by atoms with van der Waals surface area (Å²) in [6.45, 7) is 5.12. The molecule has 0 aliphatic rings. The van der Waals surface area contributed by atoms with Gasteiger partial charge in [-0.2, -0.15) is 0 Å². The fourth-order valence-electron chi connectivity index (χ4n) is 6.93. The standard InChI is InChI=1S/C47H46O12/c1-28(48)55-27-41(56-29(2)49)46(58-31(4)51)47(59-32(5)52)45(57-30(3)50)40-26-39(33-14-10-8-11-15-33)42(35-18-22-37(53-6)23-19-35)44(36-20-24-38(54-7)25-21-36)43(40)34-16-12-9-13-17-34/h8-26,41,45-47H,27H2,1-7H3/t41-,45+,46+,47-/m1/s1. The molecule has 0 saturated carbocycles. The molecule has 0 aromatic heterocycles. The van der Waals surface area contributed by atoms with Gasteiger partial charge in [0.25, 0.3) is 0 Å². The Balaban J connectivity index is 2.01. The highest BCUT2D eigenvalue weighted by atomic mass is 16.6. The molecule has 0 aliphatic heterocycles. The SMILES string of the molecule is COc1ccc(-c2c(-c3ccccc3)cc([C@H](OC(C)=O)[C@@H](OC(C)=O)[C@@H](OC(C)=O)[C@@H](COC(C)=O)OC(C)=O)c(-c3ccccc3)c2-c2ccc(OC)cc2)cc1. The Labute approximate surface area is 342 Å². The smallest absolute Gasteiger partial charge is 0.303 e. The van der Waals surface area contributed by atoms with Gasteiger partial charge in [0.2, 0.25) is 0 Å². The molecule has 0 bridgehead atoms. The van der Waals surface area contributed by atoms with E-state index < -0.39 is 60.9 Å². The second kappa shape index (κ2) is 20.0. The van der Waals surface area contributed by atoms with Gasteiger partial charge in [0.05, 0.1) is 14.2 Å². The lowest BCUT2D eigenvalue weighted by atomic mass is 9.78. The Morgan fingerprint density at radius 1 is 0.458 bits per heavy atom. The molecule has 0 unspecified atom stereocenters. The van der Waals surface area contributed by atoms with Gasteiger partial charge in [-0.1, -0.05) is 84.9 Å². The predicted octanol–water partition coefficient (Wildman–Crippen LogP) is 8.33. The van der Waals surface area contributed by atoms with E-state index in [4.69, 9.17) is 33.2 Å². The third kappa shape index (κ3) is 10.9. The van der Waals surface area contributed by atoms with Crippen LogP contribution in [0.25, 0.3) is 44.5 Å². The molecular weight excluding hydrogens is 757 g/mol. The molecule has 0 radical (unpaired) electrons. The number of hydrogen-bond acceptors (Lipinski definition) is 12. The van der Waals surface area contributed by atoms with E-state index in [2.05, 4.69) is 0 Å². The Bertz CT molecular complexity index is 2250. The summed E-state index contributed by atoms with van der Waals surface area (Å²) in [4.78, 5) is 64.0. The second-order valence-electron chi connectivity index (χ2n) is 13.5. The van der Waals surface area contributed by atoms with Crippen LogP contribution in [0.5, 0.6) is 11.5 Å². The summed E-state index contributed by atoms with van der Waals surface area (Å²) in [7, 11) is 3.16. The summed E-state index contributed by atoms with van der Waals surface area (Å²) < 4.78 is 39.9. The van der Waals surface area contributed by atoms with E-state index in [1.54, 1.807) is 14.2 Å². The first-order valence-corrected chi connectivity index (χ1v) is 18.7. The molecule has 0 aliphatic carbocycles. The Kier molecular flexibility index (Phi) is 14.6. The molecule has 0 heterocycles. The van der Waals surface area contributed by atoms with Crippen molar-refractivity contribution in [2.75, 3.05) is 20.8 Å². The van der Waals surface area contributed by atoms with Gasteiger partial charge in [-0.05, 0) is 74.8 Å². The maximum atomic E-state index is 13.4. The van der Waals surface area contributed by atoms with Crippen molar-refractivity contribution >= 4 is 29.8 Å². The zero-order chi connectivity index (χ0) is 42.6. The molecule has 12 heteroatoms. The van der Waals surface area contributed by atoms with Gasteiger partial charge in [0.1, 0.15) is 18.1 Å². The first kappa shape index (κ1) is 43.2. The van der Waals surface area contributed by atoms with Crippen molar-refractivity contribution in [1.82, 2.24) is 0 Å². The maximum Gasteiger partial charge on any atom is 0.303 e. The van der Waals surface area contributed by atoms with Crippen LogP contribution in [0.15, 0.2) is 115 Å². The van der Waals surface area contributed by atoms with Crippen molar-refractivity contribution in [3.05, 3.63) is 121 Å². The third-order valence-corrected chi connectivity index (χ3v) is 9.22. The molecule has 0 saturated heterocycles. The van der Waals surface area contributed by atoms with Crippen molar-refractivity contribution < 1.29 is 57.1 Å². The van der Waals surface area contributed by atoms with Crippen molar-refractivity contribution in [1.29, 1.82) is 0 Å². The minimum absolute atomic E-state index is 0.339. The molecular formula is C47H46O12. The van der Waals surface area contributed by atoms with Crippen LogP contribution in [-0.2, 0) is 47.7 Å². The van der Waals surface area contributed by atoms with Crippen LogP contribution in [-0.4, -0.2) is 69.0 Å². The van der Waals surface area contributed by atoms with Crippen molar-refractivity contribution in [3.8, 4) is 56.0 Å². The highest BCUT2D eigenvalue weighted by Crippen LogP contribution is 2.51. The number of benzene rings is 5. The quantitative estimate of drug-likeness (QED) is 0.0697. The molecule has 5 aromatic carbocycles. The van der Waals surface area contributed by atoms with E-state index in [1.165, 1.54) is 6.92 Å². The Hall–Kier alpha value is -6.95. The minimum Gasteiger partial charge on any atom is -0.497 e. The first-order valence-electron chi connectivity index (χ1n) is 18.7. The topological polar surface area (TPSA) is 150 Å². The van der Waals surface area contributed by atoms with Crippen LogP contribution in [0.2, 0.25) is 0 Å². The van der Waals surface area contributed by atoms with Crippen LogP contribution in [0.1, 0.15) is 46.3 Å². The average molecular weight is 803 g/mol. The molecule has 5 aromatic rings. The van der Waals surface area contributed by atoms with E-state index in [9.17, 15) is 24.0 Å². The summed E-state index contributed by atoms with van der Waals surface area (Å²) >= 11 is 0.